The maximum atomic E-state index is 10.5. The molecule has 1 fully saturated rings. The highest BCUT2D eigenvalue weighted by atomic mass is 16.4. The molecule has 5 nitrogen and oxygen atoms in total. The lowest BCUT2D eigenvalue weighted by Crippen LogP contribution is -2.24. The number of carboxylic acid groups (broad SMARTS) is 1. The van der Waals surface area contributed by atoms with Crippen LogP contribution >= 0.6 is 0 Å². The van der Waals surface area contributed by atoms with Crippen LogP contribution in [0.3, 0.4) is 0 Å². The van der Waals surface area contributed by atoms with Gasteiger partial charge >= 0.3 is 5.97 Å². The number of carbonyl (C=O) groups is 1. The van der Waals surface area contributed by atoms with Gasteiger partial charge in [-0.15, -0.1) is 10.2 Å². The number of carboxylic acids is 1. The summed E-state index contributed by atoms with van der Waals surface area (Å²) in [7, 11) is 0. The van der Waals surface area contributed by atoms with E-state index < -0.39 is 5.97 Å². The molecular weight excluding hydrogens is 256 g/mol. The van der Waals surface area contributed by atoms with Crippen molar-refractivity contribution in [1.29, 1.82) is 0 Å². The molecular formula is C15H24N2O3. The van der Waals surface area contributed by atoms with Gasteiger partial charge in [0.15, 0.2) is 0 Å². The molecule has 0 saturated heterocycles. The van der Waals surface area contributed by atoms with Gasteiger partial charge in [-0.2, -0.15) is 0 Å². The Labute approximate surface area is 119 Å². The highest BCUT2D eigenvalue weighted by molar-refractivity contribution is 5.66. The molecule has 5 heteroatoms. The molecule has 1 aliphatic rings. The van der Waals surface area contributed by atoms with Crippen LogP contribution < -0.4 is 0 Å². The van der Waals surface area contributed by atoms with Crippen LogP contribution in [-0.4, -0.2) is 21.3 Å². The van der Waals surface area contributed by atoms with E-state index in [4.69, 9.17) is 9.52 Å². The van der Waals surface area contributed by atoms with E-state index in [1.165, 1.54) is 12.8 Å². The molecule has 0 bridgehead atoms. The average Bonchev–Trinajstić information content (AvgIpc) is 2.97. The van der Waals surface area contributed by atoms with Crippen molar-refractivity contribution in [2.45, 2.75) is 70.6 Å². The minimum atomic E-state index is -0.781. The third-order valence-electron chi connectivity index (χ3n) is 4.06. The minimum absolute atomic E-state index is 0.0617. The van der Waals surface area contributed by atoms with E-state index in [9.17, 15) is 4.79 Å². The molecule has 1 aromatic heterocycles. The van der Waals surface area contributed by atoms with E-state index in [2.05, 4.69) is 24.0 Å². The predicted molar refractivity (Wildman–Crippen MR) is 74.5 cm³/mol. The van der Waals surface area contributed by atoms with Crippen molar-refractivity contribution < 1.29 is 14.3 Å². The molecule has 1 N–H and O–H groups in total. The van der Waals surface area contributed by atoms with Gasteiger partial charge in [-0.3, -0.25) is 4.79 Å². The molecule has 1 aromatic rings. The van der Waals surface area contributed by atoms with Gasteiger partial charge in [0, 0.05) is 18.3 Å². The highest BCUT2D eigenvalue weighted by Crippen LogP contribution is 2.44. The first-order chi connectivity index (χ1) is 9.52. The zero-order valence-corrected chi connectivity index (χ0v) is 12.4. The molecule has 2 rings (SSSR count). The van der Waals surface area contributed by atoms with E-state index in [0.29, 0.717) is 24.7 Å². The molecule has 0 aliphatic heterocycles. The summed E-state index contributed by atoms with van der Waals surface area (Å²) < 4.78 is 5.84. The fraction of sp³-hybridized carbons (Fsp3) is 0.800. The van der Waals surface area contributed by atoms with Crippen LogP contribution in [0.25, 0.3) is 0 Å². The topological polar surface area (TPSA) is 76.2 Å². The number of aromatic nitrogens is 2. The molecule has 0 unspecified atom stereocenters. The third-order valence-corrected chi connectivity index (χ3v) is 4.06. The van der Waals surface area contributed by atoms with E-state index in [1.807, 2.05) is 0 Å². The number of aliphatic carboxylic acids is 1. The summed E-state index contributed by atoms with van der Waals surface area (Å²) in [5.41, 5.74) is 0.0617. The second kappa shape index (κ2) is 6.37. The first-order valence-corrected chi connectivity index (χ1v) is 7.56. The van der Waals surface area contributed by atoms with Crippen molar-refractivity contribution in [3.8, 4) is 0 Å². The van der Waals surface area contributed by atoms with Crippen LogP contribution in [0.1, 0.15) is 70.6 Å². The lowest BCUT2D eigenvalue weighted by Gasteiger charge is -2.26. The average molecular weight is 280 g/mol. The van der Waals surface area contributed by atoms with Crippen LogP contribution in [-0.2, 0) is 16.6 Å². The van der Waals surface area contributed by atoms with Crippen LogP contribution in [0.15, 0.2) is 4.42 Å². The predicted octanol–water partition coefficient (Wildman–Crippen LogP) is 3.33. The Morgan fingerprint density at radius 3 is 2.65 bits per heavy atom. The molecule has 1 aliphatic carbocycles. The SMILES string of the molecule is CC(C)CC1(c2nnc(CCCC(=O)O)o2)CCCC1. The van der Waals surface area contributed by atoms with Gasteiger partial charge in [0.2, 0.25) is 11.8 Å². The molecule has 1 heterocycles. The van der Waals surface area contributed by atoms with Gasteiger partial charge < -0.3 is 9.52 Å². The van der Waals surface area contributed by atoms with Crippen LogP contribution in [0.2, 0.25) is 0 Å². The lowest BCUT2D eigenvalue weighted by atomic mass is 9.78. The number of nitrogens with zero attached hydrogens (tertiary/aromatic N) is 2. The lowest BCUT2D eigenvalue weighted by molar-refractivity contribution is -0.137. The molecule has 0 radical (unpaired) electrons. The number of hydrogen-bond acceptors (Lipinski definition) is 4. The Balaban J connectivity index is 2.03. The number of aryl methyl sites for hydroxylation is 1. The summed E-state index contributed by atoms with van der Waals surface area (Å²) in [6.07, 6.45) is 7.04. The first-order valence-electron chi connectivity index (χ1n) is 7.56. The Kier molecular flexibility index (Phi) is 4.78. The van der Waals surface area contributed by atoms with Crippen LogP contribution in [0.4, 0.5) is 0 Å². The van der Waals surface area contributed by atoms with Crippen LogP contribution in [0, 0.1) is 5.92 Å². The van der Waals surface area contributed by atoms with Gasteiger partial charge in [-0.05, 0) is 31.6 Å². The molecule has 0 spiro atoms. The fourth-order valence-electron chi connectivity index (χ4n) is 3.30. The standard InChI is InChI=1S/C15H24N2O3/c1-11(2)10-15(8-3-4-9-15)14-17-16-12(20-14)6-5-7-13(18)19/h11H,3-10H2,1-2H3,(H,18,19). The Bertz CT molecular complexity index is 448. The fourth-order valence-corrected chi connectivity index (χ4v) is 3.30. The molecule has 0 aromatic carbocycles. The minimum Gasteiger partial charge on any atom is -0.481 e. The Hall–Kier alpha value is -1.39. The van der Waals surface area contributed by atoms with E-state index in [0.717, 1.165) is 25.2 Å². The van der Waals surface area contributed by atoms with Crippen molar-refractivity contribution >= 4 is 5.97 Å². The first kappa shape index (κ1) is 15.0. The molecule has 1 saturated carbocycles. The van der Waals surface area contributed by atoms with Crippen molar-refractivity contribution in [2.24, 2.45) is 5.92 Å². The summed E-state index contributed by atoms with van der Waals surface area (Å²) in [5, 5.41) is 17.0. The zero-order valence-electron chi connectivity index (χ0n) is 12.4. The van der Waals surface area contributed by atoms with E-state index in [-0.39, 0.29) is 11.8 Å². The third kappa shape index (κ3) is 3.58. The largest absolute Gasteiger partial charge is 0.481 e. The molecule has 0 amide bonds. The number of rotatable bonds is 7. The van der Waals surface area contributed by atoms with Crippen molar-refractivity contribution in [2.75, 3.05) is 0 Å². The maximum absolute atomic E-state index is 10.5. The number of hydrogen-bond donors (Lipinski definition) is 1. The van der Waals surface area contributed by atoms with Gasteiger partial charge in [0.1, 0.15) is 0 Å². The van der Waals surface area contributed by atoms with Gasteiger partial charge in [0.25, 0.3) is 0 Å². The second-order valence-electron chi connectivity index (χ2n) is 6.33. The van der Waals surface area contributed by atoms with Crippen LogP contribution in [0.5, 0.6) is 0 Å². The van der Waals surface area contributed by atoms with Crippen molar-refractivity contribution in [3.63, 3.8) is 0 Å². The van der Waals surface area contributed by atoms with Gasteiger partial charge in [-0.25, -0.2) is 0 Å². The van der Waals surface area contributed by atoms with E-state index in [1.54, 1.807) is 0 Å². The molecule has 0 atom stereocenters. The van der Waals surface area contributed by atoms with Gasteiger partial charge in [-0.1, -0.05) is 26.7 Å². The summed E-state index contributed by atoms with van der Waals surface area (Å²) in [6, 6.07) is 0. The van der Waals surface area contributed by atoms with E-state index >= 15 is 0 Å². The normalized spacial score (nSPS) is 17.8. The molecule has 20 heavy (non-hydrogen) atoms. The van der Waals surface area contributed by atoms with Crippen molar-refractivity contribution in [1.82, 2.24) is 10.2 Å². The second-order valence-corrected chi connectivity index (χ2v) is 6.33. The smallest absolute Gasteiger partial charge is 0.303 e. The summed E-state index contributed by atoms with van der Waals surface area (Å²) in [4.78, 5) is 10.5. The monoisotopic (exact) mass is 280 g/mol. The van der Waals surface area contributed by atoms with Gasteiger partial charge in [0.05, 0.1) is 0 Å². The quantitative estimate of drug-likeness (QED) is 0.829. The molecule has 112 valence electrons. The summed E-state index contributed by atoms with van der Waals surface area (Å²) >= 11 is 0. The highest BCUT2D eigenvalue weighted by Gasteiger charge is 2.40. The van der Waals surface area contributed by atoms with Crippen molar-refractivity contribution in [3.05, 3.63) is 11.8 Å². The Morgan fingerprint density at radius 2 is 2.05 bits per heavy atom. The zero-order chi connectivity index (χ0) is 14.6. The maximum Gasteiger partial charge on any atom is 0.303 e. The summed E-state index contributed by atoms with van der Waals surface area (Å²) in [6.45, 7) is 4.45. The Morgan fingerprint density at radius 1 is 1.35 bits per heavy atom. The summed E-state index contributed by atoms with van der Waals surface area (Å²) in [5.74, 6) is 1.18.